The summed E-state index contributed by atoms with van der Waals surface area (Å²) < 4.78 is 17.4. The van der Waals surface area contributed by atoms with Gasteiger partial charge in [0.25, 0.3) is 5.56 Å². The van der Waals surface area contributed by atoms with Crippen molar-refractivity contribution in [1.82, 2.24) is 9.55 Å². The van der Waals surface area contributed by atoms with Crippen LogP contribution in [0.2, 0.25) is 0 Å². The molecule has 0 amide bonds. The SMILES string of the molecule is COc1ccc(Cn2c(SCC(=O)c3ccc(OC)c(OC)c3)nc3ccccc3c2=O)cc1. The van der Waals surface area contributed by atoms with E-state index in [1.165, 1.54) is 18.9 Å². The minimum Gasteiger partial charge on any atom is -0.497 e. The number of rotatable bonds is 9. The van der Waals surface area contributed by atoms with E-state index in [4.69, 9.17) is 19.2 Å². The number of ketones is 1. The quantitative estimate of drug-likeness (QED) is 0.201. The van der Waals surface area contributed by atoms with Gasteiger partial charge in [-0.1, -0.05) is 36.0 Å². The number of aromatic nitrogens is 2. The lowest BCUT2D eigenvalue weighted by Gasteiger charge is -2.14. The van der Waals surface area contributed by atoms with E-state index in [0.717, 1.165) is 11.3 Å². The maximum Gasteiger partial charge on any atom is 0.262 e. The Labute approximate surface area is 201 Å². The molecule has 1 heterocycles. The third-order valence-electron chi connectivity index (χ3n) is 5.36. The number of Topliss-reactive ketones (excluding diaryl/α,β-unsaturated/α-hetero) is 1. The molecule has 0 saturated carbocycles. The topological polar surface area (TPSA) is 79.7 Å². The van der Waals surface area contributed by atoms with Gasteiger partial charge in [0.2, 0.25) is 0 Å². The molecule has 8 heteroatoms. The van der Waals surface area contributed by atoms with Crippen LogP contribution in [0.4, 0.5) is 0 Å². The molecule has 34 heavy (non-hydrogen) atoms. The van der Waals surface area contributed by atoms with Crippen LogP contribution in [0, 0.1) is 0 Å². The van der Waals surface area contributed by atoms with E-state index < -0.39 is 0 Å². The number of carbonyl (C=O) groups is 1. The number of nitrogens with zero attached hydrogens (tertiary/aromatic N) is 2. The zero-order valence-electron chi connectivity index (χ0n) is 19.1. The number of hydrogen-bond donors (Lipinski definition) is 0. The highest BCUT2D eigenvalue weighted by Gasteiger charge is 2.16. The summed E-state index contributed by atoms with van der Waals surface area (Å²) in [7, 11) is 4.68. The minimum absolute atomic E-state index is 0.107. The van der Waals surface area contributed by atoms with Crippen molar-refractivity contribution < 1.29 is 19.0 Å². The first-order valence-electron chi connectivity index (χ1n) is 10.5. The molecule has 174 valence electrons. The molecule has 0 saturated heterocycles. The number of benzene rings is 3. The van der Waals surface area contributed by atoms with E-state index in [2.05, 4.69) is 0 Å². The highest BCUT2D eigenvalue weighted by molar-refractivity contribution is 7.99. The first-order valence-corrected chi connectivity index (χ1v) is 11.5. The van der Waals surface area contributed by atoms with Gasteiger partial charge in [-0.25, -0.2) is 4.98 Å². The van der Waals surface area contributed by atoms with Gasteiger partial charge in [-0.2, -0.15) is 0 Å². The van der Waals surface area contributed by atoms with E-state index in [1.807, 2.05) is 36.4 Å². The molecular formula is C26H24N2O5S. The van der Waals surface area contributed by atoms with E-state index >= 15 is 0 Å². The van der Waals surface area contributed by atoms with Gasteiger partial charge in [-0.3, -0.25) is 14.2 Å². The Morgan fingerprint density at radius 2 is 1.65 bits per heavy atom. The van der Waals surface area contributed by atoms with Crippen molar-refractivity contribution >= 4 is 28.4 Å². The fourth-order valence-corrected chi connectivity index (χ4v) is 4.43. The lowest BCUT2D eigenvalue weighted by atomic mass is 10.1. The van der Waals surface area contributed by atoms with Crippen LogP contribution in [0.3, 0.4) is 0 Å². The Morgan fingerprint density at radius 3 is 2.35 bits per heavy atom. The number of thioether (sulfide) groups is 1. The van der Waals surface area contributed by atoms with Gasteiger partial charge in [0.15, 0.2) is 22.4 Å². The Morgan fingerprint density at radius 1 is 0.912 bits per heavy atom. The van der Waals surface area contributed by atoms with E-state index in [9.17, 15) is 9.59 Å². The lowest BCUT2D eigenvalue weighted by molar-refractivity contribution is 0.102. The standard InChI is InChI=1S/C26H24N2O5S/c1-31-19-11-8-17(9-12-19)15-28-25(30)20-6-4-5-7-21(20)27-26(28)34-16-22(29)18-10-13-23(32-2)24(14-18)33-3/h4-14H,15-16H2,1-3H3. The van der Waals surface area contributed by atoms with Gasteiger partial charge in [-0.05, 0) is 48.0 Å². The monoisotopic (exact) mass is 476 g/mol. The van der Waals surface area contributed by atoms with Crippen LogP contribution >= 0.6 is 11.8 Å². The van der Waals surface area contributed by atoms with Crippen molar-refractivity contribution in [2.75, 3.05) is 27.1 Å². The summed E-state index contributed by atoms with van der Waals surface area (Å²) >= 11 is 1.23. The van der Waals surface area contributed by atoms with Crippen LogP contribution in [0.15, 0.2) is 76.7 Å². The number of hydrogen-bond acceptors (Lipinski definition) is 7. The van der Waals surface area contributed by atoms with Gasteiger partial charge in [0, 0.05) is 5.56 Å². The van der Waals surface area contributed by atoms with Gasteiger partial charge in [0.05, 0.1) is 44.5 Å². The van der Waals surface area contributed by atoms with Crippen LogP contribution in [-0.2, 0) is 6.54 Å². The maximum atomic E-state index is 13.3. The second-order valence-corrected chi connectivity index (χ2v) is 8.38. The Bertz CT molecular complexity index is 1380. The smallest absolute Gasteiger partial charge is 0.262 e. The minimum atomic E-state index is -0.150. The molecule has 7 nitrogen and oxygen atoms in total. The molecule has 0 spiro atoms. The molecule has 0 N–H and O–H groups in total. The molecule has 1 aromatic heterocycles. The predicted octanol–water partition coefficient (Wildman–Crippen LogP) is 4.45. The first-order chi connectivity index (χ1) is 16.5. The summed E-state index contributed by atoms with van der Waals surface area (Å²) in [6.07, 6.45) is 0. The van der Waals surface area contributed by atoms with E-state index in [1.54, 1.807) is 49.1 Å². The van der Waals surface area contributed by atoms with Gasteiger partial charge < -0.3 is 14.2 Å². The molecular weight excluding hydrogens is 452 g/mol. The summed E-state index contributed by atoms with van der Waals surface area (Å²) in [4.78, 5) is 30.9. The predicted molar refractivity (Wildman–Crippen MR) is 133 cm³/mol. The maximum absolute atomic E-state index is 13.3. The molecule has 0 unspecified atom stereocenters. The van der Waals surface area contributed by atoms with Crippen molar-refractivity contribution in [2.24, 2.45) is 0 Å². The zero-order valence-corrected chi connectivity index (χ0v) is 19.9. The molecule has 3 aromatic carbocycles. The summed E-state index contributed by atoms with van der Waals surface area (Å²) in [5, 5.41) is 1.01. The number of para-hydroxylation sites is 1. The molecule has 0 bridgehead atoms. The summed E-state index contributed by atoms with van der Waals surface area (Å²) in [5.41, 5.74) is 1.87. The van der Waals surface area contributed by atoms with E-state index in [0.29, 0.717) is 39.7 Å². The van der Waals surface area contributed by atoms with Crippen LogP contribution < -0.4 is 19.8 Å². The van der Waals surface area contributed by atoms with Crippen molar-refractivity contribution in [3.63, 3.8) is 0 Å². The van der Waals surface area contributed by atoms with Crippen LogP contribution in [0.25, 0.3) is 10.9 Å². The van der Waals surface area contributed by atoms with Crippen LogP contribution in [0.1, 0.15) is 15.9 Å². The average Bonchev–Trinajstić information content (AvgIpc) is 2.89. The summed E-state index contributed by atoms with van der Waals surface area (Å²) in [6.45, 7) is 0.327. The Kier molecular flexibility index (Phi) is 7.18. The normalized spacial score (nSPS) is 10.8. The number of methoxy groups -OCH3 is 3. The van der Waals surface area contributed by atoms with Crippen LogP contribution in [-0.4, -0.2) is 42.4 Å². The molecule has 4 aromatic rings. The molecule has 0 radical (unpaired) electrons. The molecule has 0 fully saturated rings. The first kappa shape index (κ1) is 23.4. The fraction of sp³-hybridized carbons (Fsp3) is 0.192. The number of ether oxygens (including phenoxy) is 3. The molecule has 0 atom stereocenters. The lowest BCUT2D eigenvalue weighted by Crippen LogP contribution is -2.24. The van der Waals surface area contributed by atoms with Crippen molar-refractivity contribution in [1.29, 1.82) is 0 Å². The van der Waals surface area contributed by atoms with Gasteiger partial charge in [-0.15, -0.1) is 0 Å². The highest BCUT2D eigenvalue weighted by atomic mass is 32.2. The average molecular weight is 477 g/mol. The van der Waals surface area contributed by atoms with Crippen molar-refractivity contribution in [2.45, 2.75) is 11.7 Å². The largest absolute Gasteiger partial charge is 0.497 e. The summed E-state index contributed by atoms with van der Waals surface area (Å²) in [6, 6.07) is 19.8. The fourth-order valence-electron chi connectivity index (χ4n) is 3.53. The van der Waals surface area contributed by atoms with Crippen LogP contribution in [0.5, 0.6) is 17.2 Å². The third-order valence-corrected chi connectivity index (χ3v) is 6.34. The van der Waals surface area contributed by atoms with Gasteiger partial charge in [0.1, 0.15) is 5.75 Å². The highest BCUT2D eigenvalue weighted by Crippen LogP contribution is 2.29. The number of fused-ring (bicyclic) bond motifs is 1. The second kappa shape index (κ2) is 10.4. The Balaban J connectivity index is 1.65. The Hall–Kier alpha value is -3.78. The van der Waals surface area contributed by atoms with Crippen molar-refractivity contribution in [3.05, 3.63) is 88.2 Å². The van der Waals surface area contributed by atoms with E-state index in [-0.39, 0.29) is 17.1 Å². The molecule has 0 aliphatic rings. The molecule has 0 aliphatic carbocycles. The summed E-state index contributed by atoms with van der Waals surface area (Å²) in [5.74, 6) is 1.78. The van der Waals surface area contributed by atoms with Gasteiger partial charge >= 0.3 is 0 Å². The third kappa shape index (κ3) is 4.92. The molecule has 4 rings (SSSR count). The van der Waals surface area contributed by atoms with Crippen molar-refractivity contribution in [3.8, 4) is 17.2 Å². The number of carbonyl (C=O) groups excluding carboxylic acids is 1. The second-order valence-electron chi connectivity index (χ2n) is 7.43. The molecule has 0 aliphatic heterocycles. The zero-order chi connectivity index (χ0) is 24.1.